The molecule has 1 saturated carbocycles. The molecule has 34 heavy (non-hydrogen) atoms. The van der Waals surface area contributed by atoms with Crippen molar-refractivity contribution in [2.24, 2.45) is 5.92 Å². The predicted molar refractivity (Wildman–Crippen MR) is 129 cm³/mol. The van der Waals surface area contributed by atoms with E-state index in [0.29, 0.717) is 16.9 Å². The molecule has 0 radical (unpaired) electrons. The van der Waals surface area contributed by atoms with Gasteiger partial charge in [0.05, 0.1) is 20.0 Å². The van der Waals surface area contributed by atoms with Crippen molar-refractivity contribution < 1.29 is 23.1 Å². The van der Waals surface area contributed by atoms with Gasteiger partial charge >= 0.3 is 13.7 Å². The van der Waals surface area contributed by atoms with Gasteiger partial charge in [-0.25, -0.2) is 9.55 Å². The fourth-order valence-electron chi connectivity index (χ4n) is 3.68. The minimum Gasteiger partial charge on any atom is -0.468 e. The largest absolute Gasteiger partial charge is 0.468 e. The lowest BCUT2D eigenvalue weighted by molar-refractivity contribution is -0.142. The molecule has 5 N–H and O–H groups in total. The third-order valence-electron chi connectivity index (χ3n) is 5.50. The van der Waals surface area contributed by atoms with Crippen LogP contribution in [0.3, 0.4) is 0 Å². The number of halogens is 1. The van der Waals surface area contributed by atoms with E-state index < -0.39 is 19.8 Å². The number of carbonyl (C=O) groups excluding carboxylic acids is 1. The van der Waals surface area contributed by atoms with E-state index >= 15 is 0 Å². The Morgan fingerprint density at radius 1 is 1.29 bits per heavy atom. The Balaban J connectivity index is 1.41. The number of esters is 1. The van der Waals surface area contributed by atoms with E-state index in [2.05, 4.69) is 36.0 Å². The van der Waals surface area contributed by atoms with Gasteiger partial charge in [-0.3, -0.25) is 9.32 Å². The molecule has 0 spiro atoms. The Labute approximate surface area is 204 Å². The van der Waals surface area contributed by atoms with E-state index in [9.17, 15) is 9.36 Å². The molecule has 1 aliphatic carbocycles. The van der Waals surface area contributed by atoms with E-state index in [1.807, 2.05) is 4.57 Å². The van der Waals surface area contributed by atoms with Gasteiger partial charge in [0.25, 0.3) is 0 Å². The van der Waals surface area contributed by atoms with Crippen LogP contribution < -0.4 is 21.1 Å². The maximum Gasteiger partial charge on any atom is 0.459 e. The van der Waals surface area contributed by atoms with Crippen LogP contribution in [0.1, 0.15) is 25.8 Å². The van der Waals surface area contributed by atoms with Crippen LogP contribution in [0, 0.1) is 5.92 Å². The molecule has 0 bridgehead atoms. The van der Waals surface area contributed by atoms with Crippen LogP contribution in [0.2, 0.25) is 0 Å². The minimum absolute atomic E-state index is 0.0859. The van der Waals surface area contributed by atoms with Crippen molar-refractivity contribution in [3.05, 3.63) is 35.1 Å². The number of nitrogens with one attached hydrogen (secondary N) is 1. The number of imidazole rings is 1. The topological polar surface area (TPSA) is 169 Å². The normalized spacial score (nSPS) is 20.3. The molecule has 1 aromatic carbocycles. The predicted octanol–water partition coefficient (Wildman–Crippen LogP) is 3.06. The number of nitrogen functional groups attached to an aromatic ring is 2. The van der Waals surface area contributed by atoms with Crippen LogP contribution >= 0.6 is 23.7 Å². The second-order valence-corrected chi connectivity index (χ2v) is 10.6. The van der Waals surface area contributed by atoms with Gasteiger partial charge in [0.15, 0.2) is 11.5 Å². The fraction of sp³-hybridized carbons (Fsp3) is 0.400. The van der Waals surface area contributed by atoms with E-state index in [-0.39, 0.29) is 30.3 Å². The number of hydrogen-bond donors (Lipinski definition) is 3. The zero-order chi connectivity index (χ0) is 24.5. The van der Waals surface area contributed by atoms with Gasteiger partial charge in [0.1, 0.15) is 17.3 Å². The number of nitrogens with zero attached hydrogens (tertiary/aromatic N) is 4. The summed E-state index contributed by atoms with van der Waals surface area (Å²) < 4.78 is 32.3. The highest BCUT2D eigenvalue weighted by molar-refractivity contribution is 9.10. The van der Waals surface area contributed by atoms with Crippen LogP contribution in [-0.4, -0.2) is 45.2 Å². The quantitative estimate of drug-likeness (QED) is 0.262. The monoisotopic (exact) mass is 553 g/mol. The maximum absolute atomic E-state index is 13.5. The number of methoxy groups -OCH3 is 1. The first-order chi connectivity index (χ1) is 16.2. The molecule has 3 aromatic rings. The Bertz CT molecular complexity index is 1230. The summed E-state index contributed by atoms with van der Waals surface area (Å²) in [5.74, 6) is 0.179. The highest BCUT2D eigenvalue weighted by atomic mass is 79.9. The molecule has 14 heteroatoms. The summed E-state index contributed by atoms with van der Waals surface area (Å²) in [6.45, 7) is 1.69. The molecular formula is C20H25BrN7O5P. The second-order valence-electron chi connectivity index (χ2n) is 7.99. The van der Waals surface area contributed by atoms with Crippen molar-refractivity contribution in [3.8, 4) is 5.75 Å². The maximum atomic E-state index is 13.5. The first-order valence-electron chi connectivity index (χ1n) is 10.5. The molecule has 2 heterocycles. The standard InChI is InChI=1S/C20H25BrN7O5P/c1-11(19(29)31-2)27-34(30,33-15-5-3-13(21)4-6-15)32-9-12-7-14(8-12)28-10-24-16-17(22)25-20(23)26-18(16)28/h3-6,10-12,14H,7-9H2,1-2H3,(H,27,30)(H4,22,23,25,26)/t11-,12?,14?,34?/m0/s1. The first kappa shape index (κ1) is 24.4. The number of rotatable bonds is 9. The van der Waals surface area contributed by atoms with E-state index in [1.165, 1.54) is 14.0 Å². The third-order valence-corrected chi connectivity index (χ3v) is 7.67. The van der Waals surface area contributed by atoms with E-state index in [4.69, 9.17) is 25.3 Å². The van der Waals surface area contributed by atoms with E-state index in [0.717, 1.165) is 17.3 Å². The van der Waals surface area contributed by atoms with E-state index in [1.54, 1.807) is 30.6 Å². The number of ether oxygens (including phenoxy) is 1. The van der Waals surface area contributed by atoms with Crippen molar-refractivity contribution in [2.75, 3.05) is 25.2 Å². The number of carbonyl (C=O) groups is 1. The van der Waals surface area contributed by atoms with Crippen molar-refractivity contribution in [2.45, 2.75) is 31.8 Å². The lowest BCUT2D eigenvalue weighted by Gasteiger charge is -2.36. The Morgan fingerprint density at radius 2 is 2.00 bits per heavy atom. The van der Waals surface area contributed by atoms with Gasteiger partial charge in [-0.15, -0.1) is 0 Å². The number of aromatic nitrogens is 4. The van der Waals surface area contributed by atoms with Crippen LogP contribution in [-0.2, 0) is 18.6 Å². The lowest BCUT2D eigenvalue weighted by atomic mass is 9.81. The van der Waals surface area contributed by atoms with Crippen LogP contribution in [0.5, 0.6) is 5.75 Å². The lowest BCUT2D eigenvalue weighted by Crippen LogP contribution is -2.36. The molecule has 182 valence electrons. The number of nitrogens with two attached hydrogens (primary N) is 2. The van der Waals surface area contributed by atoms with Crippen LogP contribution in [0.25, 0.3) is 11.2 Å². The molecule has 2 atom stereocenters. The highest BCUT2D eigenvalue weighted by Crippen LogP contribution is 2.48. The zero-order valence-corrected chi connectivity index (χ0v) is 21.0. The van der Waals surface area contributed by atoms with Gasteiger partial charge in [-0.1, -0.05) is 15.9 Å². The molecule has 0 amide bonds. The van der Waals surface area contributed by atoms with Crippen LogP contribution in [0.15, 0.2) is 35.1 Å². The summed E-state index contributed by atoms with van der Waals surface area (Å²) in [7, 11) is -2.63. The van der Waals surface area contributed by atoms with Crippen molar-refractivity contribution in [1.29, 1.82) is 0 Å². The van der Waals surface area contributed by atoms with Crippen molar-refractivity contribution in [3.63, 3.8) is 0 Å². The van der Waals surface area contributed by atoms with Gasteiger partial charge in [0.2, 0.25) is 5.95 Å². The fourth-order valence-corrected chi connectivity index (χ4v) is 5.51. The summed E-state index contributed by atoms with van der Waals surface area (Å²) >= 11 is 3.34. The average molecular weight is 554 g/mol. The molecule has 1 unspecified atom stereocenters. The Kier molecular flexibility index (Phi) is 7.08. The molecular weight excluding hydrogens is 529 g/mol. The summed E-state index contributed by atoms with van der Waals surface area (Å²) in [5, 5.41) is 2.65. The van der Waals surface area contributed by atoms with Crippen molar-refractivity contribution >= 4 is 52.6 Å². The SMILES string of the molecule is COC(=O)[C@H](C)NP(=O)(OCC1CC(n2cnc3c(N)nc(N)nc32)C1)Oc1ccc(Br)cc1. The molecule has 1 aliphatic rings. The molecule has 4 rings (SSSR count). The van der Waals surface area contributed by atoms with Gasteiger partial charge in [-0.05, 0) is 49.9 Å². The number of anilines is 2. The molecule has 1 fully saturated rings. The van der Waals surface area contributed by atoms with Gasteiger partial charge < -0.3 is 25.3 Å². The molecule has 0 aliphatic heterocycles. The first-order valence-corrected chi connectivity index (χ1v) is 12.8. The summed E-state index contributed by atoms with van der Waals surface area (Å²) in [6, 6.07) is 6.01. The minimum atomic E-state index is -3.88. The summed E-state index contributed by atoms with van der Waals surface area (Å²) in [4.78, 5) is 24.3. The third kappa shape index (κ3) is 5.33. The number of fused-ring (bicyclic) bond motifs is 1. The zero-order valence-electron chi connectivity index (χ0n) is 18.6. The summed E-state index contributed by atoms with van der Waals surface area (Å²) in [6.07, 6.45) is 3.14. The highest BCUT2D eigenvalue weighted by Gasteiger charge is 2.37. The second kappa shape index (κ2) is 9.87. The van der Waals surface area contributed by atoms with Crippen molar-refractivity contribution in [1.82, 2.24) is 24.6 Å². The Hall–Kier alpha value is -2.73. The summed E-state index contributed by atoms with van der Waals surface area (Å²) in [5.41, 5.74) is 12.7. The molecule has 12 nitrogen and oxygen atoms in total. The number of hydrogen-bond acceptors (Lipinski definition) is 10. The van der Waals surface area contributed by atoms with Gasteiger partial charge in [-0.2, -0.15) is 15.1 Å². The van der Waals surface area contributed by atoms with Gasteiger partial charge in [0, 0.05) is 10.5 Å². The Morgan fingerprint density at radius 3 is 2.68 bits per heavy atom. The smallest absolute Gasteiger partial charge is 0.459 e. The number of benzene rings is 1. The molecule has 2 aromatic heterocycles. The molecule has 0 saturated heterocycles. The van der Waals surface area contributed by atoms with Crippen LogP contribution in [0.4, 0.5) is 11.8 Å². The average Bonchev–Trinajstić information content (AvgIpc) is 3.17.